The van der Waals surface area contributed by atoms with Crippen LogP contribution in [-0.4, -0.2) is 23.3 Å². The largest absolute Gasteiger partial charge is 0.353 e. The molecule has 0 radical (unpaired) electrons. The third kappa shape index (κ3) is 1.50. The molecule has 0 aromatic rings. The molecule has 1 saturated heterocycles. The summed E-state index contributed by atoms with van der Waals surface area (Å²) in [6.07, 6.45) is 10.5. The molecular weight excluding hydrogens is 300 g/mol. The lowest BCUT2D eigenvalue weighted by Gasteiger charge is -2.58. The molecule has 0 aromatic heterocycles. The van der Waals surface area contributed by atoms with Gasteiger partial charge in [0, 0.05) is 17.8 Å². The van der Waals surface area contributed by atoms with Crippen LogP contribution >= 0.6 is 0 Å². The Kier molecular flexibility index (Phi) is 2.81. The molecule has 0 bridgehead atoms. The predicted molar refractivity (Wildman–Crippen MR) is 90.3 cm³/mol. The van der Waals surface area contributed by atoms with Crippen molar-refractivity contribution in [2.45, 2.75) is 71.0 Å². The first kappa shape index (κ1) is 15.3. The van der Waals surface area contributed by atoms with E-state index in [4.69, 9.17) is 4.74 Å². The van der Waals surface area contributed by atoms with Crippen LogP contribution in [0, 0.1) is 34.5 Å². The van der Waals surface area contributed by atoms with E-state index in [9.17, 15) is 9.59 Å². The Hall–Kier alpha value is -0.960. The van der Waals surface area contributed by atoms with Gasteiger partial charge in [0.2, 0.25) is 0 Å². The van der Waals surface area contributed by atoms with Crippen LogP contribution in [-0.2, 0) is 14.3 Å². The van der Waals surface area contributed by atoms with Gasteiger partial charge < -0.3 is 4.74 Å². The van der Waals surface area contributed by atoms with Crippen molar-refractivity contribution >= 4 is 11.6 Å². The monoisotopic (exact) mass is 328 g/mol. The third-order valence-electron chi connectivity index (χ3n) is 8.94. The molecule has 0 aromatic carbocycles. The highest BCUT2D eigenvalue weighted by Crippen LogP contribution is 2.71. The summed E-state index contributed by atoms with van der Waals surface area (Å²) < 4.78 is 6.04. The minimum absolute atomic E-state index is 0.0338. The Morgan fingerprint density at radius 1 is 1.21 bits per heavy atom. The van der Waals surface area contributed by atoms with Crippen LogP contribution in [0.1, 0.15) is 59.3 Å². The summed E-state index contributed by atoms with van der Waals surface area (Å²) >= 11 is 0. The second kappa shape index (κ2) is 4.41. The van der Waals surface area contributed by atoms with E-state index < -0.39 is 5.60 Å². The smallest absolute Gasteiger partial charge is 0.168 e. The van der Waals surface area contributed by atoms with Gasteiger partial charge in [-0.3, -0.25) is 9.59 Å². The fourth-order valence-corrected chi connectivity index (χ4v) is 7.76. The molecule has 3 saturated carbocycles. The van der Waals surface area contributed by atoms with Crippen molar-refractivity contribution in [3.8, 4) is 0 Å². The zero-order valence-electron chi connectivity index (χ0n) is 15.0. The Balaban J connectivity index is 1.54. The first-order chi connectivity index (χ1) is 11.3. The van der Waals surface area contributed by atoms with E-state index in [0.29, 0.717) is 35.7 Å². The molecule has 4 aliphatic carbocycles. The van der Waals surface area contributed by atoms with Crippen molar-refractivity contribution in [2.24, 2.45) is 34.5 Å². The number of hydrogen-bond acceptors (Lipinski definition) is 3. The number of carbonyl (C=O) groups is 2. The summed E-state index contributed by atoms with van der Waals surface area (Å²) in [5, 5.41) is 0. The normalized spacial score (nSPS) is 57.6. The zero-order chi connectivity index (χ0) is 16.9. The summed E-state index contributed by atoms with van der Waals surface area (Å²) in [6.45, 7) is 6.41. The molecule has 0 amide bonds. The maximum atomic E-state index is 13.1. The lowest BCUT2D eigenvalue weighted by Crippen LogP contribution is -2.60. The lowest BCUT2D eigenvalue weighted by molar-refractivity contribution is -0.153. The summed E-state index contributed by atoms with van der Waals surface area (Å²) in [5.74, 6) is 2.46. The quantitative estimate of drug-likeness (QED) is 0.544. The molecule has 4 fully saturated rings. The average Bonchev–Trinajstić information content (AvgIpc) is 3.16. The fourth-order valence-electron chi connectivity index (χ4n) is 7.76. The maximum Gasteiger partial charge on any atom is 0.168 e. The molecule has 24 heavy (non-hydrogen) atoms. The standard InChI is InChI=1S/C21H28O3/c1-12(22)14-6-7-15-13-11-17(23)21-18(24-21)5-4-9-20(21,3)16(13)8-10-19(14,15)2/h4-5,13-16,18H,6-11H2,1-3H3/t13-,14+,15-,16-,18+,19+,20+,21+/m0/s1. The van der Waals surface area contributed by atoms with E-state index in [-0.39, 0.29) is 22.9 Å². The number of epoxide rings is 1. The molecule has 3 nitrogen and oxygen atoms in total. The Morgan fingerprint density at radius 2 is 2.00 bits per heavy atom. The Labute approximate surface area is 144 Å². The second-order valence-corrected chi connectivity index (χ2v) is 9.61. The van der Waals surface area contributed by atoms with Gasteiger partial charge in [0.15, 0.2) is 11.4 Å². The first-order valence-electron chi connectivity index (χ1n) is 9.73. The van der Waals surface area contributed by atoms with Crippen LogP contribution in [0.4, 0.5) is 0 Å². The van der Waals surface area contributed by atoms with Crippen molar-refractivity contribution in [3.63, 3.8) is 0 Å². The summed E-state index contributed by atoms with van der Waals surface area (Å²) in [7, 11) is 0. The van der Waals surface area contributed by atoms with E-state index >= 15 is 0 Å². The van der Waals surface area contributed by atoms with Gasteiger partial charge >= 0.3 is 0 Å². The van der Waals surface area contributed by atoms with Gasteiger partial charge in [0.25, 0.3) is 0 Å². The van der Waals surface area contributed by atoms with Gasteiger partial charge in [-0.2, -0.15) is 0 Å². The van der Waals surface area contributed by atoms with Crippen molar-refractivity contribution in [1.29, 1.82) is 0 Å². The van der Waals surface area contributed by atoms with E-state index in [2.05, 4.69) is 26.0 Å². The maximum absolute atomic E-state index is 13.1. The predicted octanol–water partition coefficient (Wildman–Crippen LogP) is 3.71. The van der Waals surface area contributed by atoms with Crippen molar-refractivity contribution in [3.05, 3.63) is 12.2 Å². The SMILES string of the molecule is CC(=O)[C@H]1CC[C@H]2[C@@H]3CC(=O)[C@@]45O[C@@H]4C=CC[C@]5(C)[C@H]3CC[C@]12C. The van der Waals surface area contributed by atoms with Gasteiger partial charge in [-0.25, -0.2) is 0 Å². The molecule has 1 aliphatic heterocycles. The van der Waals surface area contributed by atoms with Gasteiger partial charge in [-0.1, -0.05) is 26.0 Å². The number of ether oxygens (including phenoxy) is 1. The van der Waals surface area contributed by atoms with Crippen LogP contribution < -0.4 is 0 Å². The molecule has 8 atom stereocenters. The zero-order valence-corrected chi connectivity index (χ0v) is 15.0. The number of fused-ring (bicyclic) bond motifs is 4. The van der Waals surface area contributed by atoms with Gasteiger partial charge in [-0.15, -0.1) is 0 Å². The van der Waals surface area contributed by atoms with Crippen molar-refractivity contribution in [1.82, 2.24) is 0 Å². The molecular formula is C21H28O3. The number of Topliss-reactive ketones (excluding diaryl/α,β-unsaturated/α-hetero) is 2. The van der Waals surface area contributed by atoms with Crippen molar-refractivity contribution in [2.75, 3.05) is 0 Å². The summed E-state index contributed by atoms with van der Waals surface area (Å²) in [5.41, 5.74) is -0.431. The highest BCUT2D eigenvalue weighted by atomic mass is 16.6. The molecule has 5 aliphatic rings. The molecule has 130 valence electrons. The topological polar surface area (TPSA) is 46.7 Å². The van der Waals surface area contributed by atoms with Crippen LogP contribution in [0.5, 0.6) is 0 Å². The molecule has 0 N–H and O–H groups in total. The van der Waals surface area contributed by atoms with E-state index in [1.807, 2.05) is 0 Å². The highest BCUT2D eigenvalue weighted by Gasteiger charge is 2.77. The van der Waals surface area contributed by atoms with E-state index in [1.165, 1.54) is 0 Å². The second-order valence-electron chi connectivity index (χ2n) is 9.61. The summed E-state index contributed by atoms with van der Waals surface area (Å²) in [6, 6.07) is 0. The number of carbonyl (C=O) groups excluding carboxylic acids is 2. The molecule has 1 spiro atoms. The van der Waals surface area contributed by atoms with Crippen molar-refractivity contribution < 1.29 is 14.3 Å². The van der Waals surface area contributed by atoms with Crippen LogP contribution in [0.2, 0.25) is 0 Å². The van der Waals surface area contributed by atoms with Crippen LogP contribution in [0.25, 0.3) is 0 Å². The fraction of sp³-hybridized carbons (Fsp3) is 0.810. The van der Waals surface area contributed by atoms with Crippen LogP contribution in [0.15, 0.2) is 12.2 Å². The van der Waals surface area contributed by atoms with Gasteiger partial charge in [-0.05, 0) is 62.2 Å². The minimum atomic E-state index is -0.505. The average molecular weight is 328 g/mol. The molecule has 0 unspecified atom stereocenters. The lowest BCUT2D eigenvalue weighted by atomic mass is 9.45. The van der Waals surface area contributed by atoms with E-state index in [1.54, 1.807) is 6.92 Å². The molecule has 1 heterocycles. The number of ketones is 2. The number of allylic oxidation sites excluding steroid dienone is 1. The molecule has 5 rings (SSSR count). The minimum Gasteiger partial charge on any atom is -0.353 e. The number of hydrogen-bond donors (Lipinski definition) is 0. The van der Waals surface area contributed by atoms with Crippen LogP contribution in [0.3, 0.4) is 0 Å². The number of rotatable bonds is 1. The van der Waals surface area contributed by atoms with Gasteiger partial charge in [0.1, 0.15) is 11.9 Å². The van der Waals surface area contributed by atoms with E-state index in [0.717, 1.165) is 32.1 Å². The Morgan fingerprint density at radius 3 is 2.75 bits per heavy atom. The van der Waals surface area contributed by atoms with Gasteiger partial charge in [0.05, 0.1) is 0 Å². The highest BCUT2D eigenvalue weighted by molar-refractivity contribution is 5.94. The first-order valence-corrected chi connectivity index (χ1v) is 9.73. The Bertz CT molecular complexity index is 666. The molecule has 3 heteroatoms. The third-order valence-corrected chi connectivity index (χ3v) is 8.94. The summed E-state index contributed by atoms with van der Waals surface area (Å²) in [4.78, 5) is 25.3.